The van der Waals surface area contributed by atoms with Crippen LogP contribution in [0.4, 0.5) is 5.69 Å². The van der Waals surface area contributed by atoms with E-state index < -0.39 is 4.92 Å². The number of rotatable bonds is 4. The predicted molar refractivity (Wildman–Crippen MR) is 51.7 cm³/mol. The van der Waals surface area contributed by atoms with Crippen molar-refractivity contribution in [3.63, 3.8) is 0 Å². The molecular formula is C9H10N2O4. The highest BCUT2D eigenvalue weighted by Crippen LogP contribution is 2.27. The van der Waals surface area contributed by atoms with Crippen LogP contribution < -0.4 is 4.74 Å². The summed E-state index contributed by atoms with van der Waals surface area (Å²) in [5.74, 6) is 0.0109. The molecule has 0 bridgehead atoms. The van der Waals surface area contributed by atoms with Gasteiger partial charge >= 0.3 is 0 Å². The van der Waals surface area contributed by atoms with Gasteiger partial charge in [0.2, 0.25) is 0 Å². The fourth-order valence-electron chi connectivity index (χ4n) is 1.16. The molecule has 0 amide bonds. The maximum Gasteiger partial charge on any atom is 0.298 e. The predicted octanol–water partition coefficient (Wildman–Crippen LogP) is 1.65. The van der Waals surface area contributed by atoms with Crippen molar-refractivity contribution in [3.8, 4) is 5.75 Å². The van der Waals surface area contributed by atoms with Gasteiger partial charge in [0, 0.05) is 5.92 Å². The molecule has 0 radical (unpaired) electrons. The van der Waals surface area contributed by atoms with Gasteiger partial charge in [-0.15, -0.1) is 0 Å². The molecule has 6 heteroatoms. The summed E-state index contributed by atoms with van der Waals surface area (Å²) in [6.07, 6.45) is 1.29. The van der Waals surface area contributed by atoms with Crippen LogP contribution in [-0.2, 0) is 4.79 Å². The zero-order valence-corrected chi connectivity index (χ0v) is 8.34. The van der Waals surface area contributed by atoms with Crippen LogP contribution in [0.15, 0.2) is 12.3 Å². The van der Waals surface area contributed by atoms with E-state index in [9.17, 15) is 14.9 Å². The van der Waals surface area contributed by atoms with E-state index in [1.807, 2.05) is 0 Å². The number of nitrogens with zero attached hydrogens (tertiary/aromatic N) is 2. The van der Waals surface area contributed by atoms with Crippen LogP contribution in [0.2, 0.25) is 0 Å². The molecule has 0 saturated carbocycles. The molecule has 0 aliphatic rings. The molecule has 0 atom stereocenters. The standard InChI is InChI=1S/C9H10N2O4/c1-6(2)9-8(11(13)14)3-7(4-10-9)15-5-12/h3-6H,1-2H3. The molecule has 0 aromatic carbocycles. The summed E-state index contributed by atoms with van der Waals surface area (Å²) in [6, 6.07) is 1.19. The molecular weight excluding hydrogens is 200 g/mol. The van der Waals surface area contributed by atoms with Crippen LogP contribution in [0.3, 0.4) is 0 Å². The van der Waals surface area contributed by atoms with Crippen molar-refractivity contribution in [1.82, 2.24) is 4.98 Å². The molecule has 6 nitrogen and oxygen atoms in total. The molecule has 0 fully saturated rings. The van der Waals surface area contributed by atoms with Crippen molar-refractivity contribution in [2.75, 3.05) is 0 Å². The Kier molecular flexibility index (Phi) is 3.33. The highest BCUT2D eigenvalue weighted by atomic mass is 16.6. The number of hydrogen-bond acceptors (Lipinski definition) is 5. The first-order valence-electron chi connectivity index (χ1n) is 4.31. The molecule has 0 N–H and O–H groups in total. The van der Waals surface area contributed by atoms with E-state index in [0.717, 1.165) is 0 Å². The van der Waals surface area contributed by atoms with Gasteiger partial charge in [0.05, 0.1) is 17.2 Å². The lowest BCUT2D eigenvalue weighted by molar-refractivity contribution is -0.386. The number of pyridine rings is 1. The Balaban J connectivity index is 3.20. The highest BCUT2D eigenvalue weighted by molar-refractivity contribution is 5.49. The number of nitro groups is 1. The molecule has 80 valence electrons. The van der Waals surface area contributed by atoms with Crippen molar-refractivity contribution in [3.05, 3.63) is 28.1 Å². The fraction of sp³-hybridized carbons (Fsp3) is 0.333. The normalized spacial score (nSPS) is 10.1. The van der Waals surface area contributed by atoms with Crippen LogP contribution in [0, 0.1) is 10.1 Å². The number of ether oxygens (including phenoxy) is 1. The largest absolute Gasteiger partial charge is 0.427 e. The van der Waals surface area contributed by atoms with Crippen LogP contribution in [0.5, 0.6) is 5.75 Å². The molecule has 0 saturated heterocycles. The van der Waals surface area contributed by atoms with Crippen molar-refractivity contribution >= 4 is 12.2 Å². The molecule has 0 spiro atoms. The van der Waals surface area contributed by atoms with Crippen molar-refractivity contribution in [2.45, 2.75) is 19.8 Å². The van der Waals surface area contributed by atoms with E-state index >= 15 is 0 Å². The number of carbonyl (C=O) groups excluding carboxylic acids is 1. The van der Waals surface area contributed by atoms with Crippen LogP contribution in [0.1, 0.15) is 25.5 Å². The summed E-state index contributed by atoms with van der Waals surface area (Å²) >= 11 is 0. The van der Waals surface area contributed by atoms with Crippen LogP contribution >= 0.6 is 0 Å². The second kappa shape index (κ2) is 4.50. The Bertz CT molecular complexity index is 390. The molecule has 1 aromatic rings. The van der Waals surface area contributed by atoms with Gasteiger partial charge < -0.3 is 4.74 Å². The maximum absolute atomic E-state index is 10.7. The minimum absolute atomic E-state index is 0.0596. The Labute approximate surface area is 86.0 Å². The summed E-state index contributed by atoms with van der Waals surface area (Å²) in [7, 11) is 0. The molecule has 1 aromatic heterocycles. The van der Waals surface area contributed by atoms with Crippen LogP contribution in [0.25, 0.3) is 0 Å². The molecule has 0 aliphatic heterocycles. The first-order chi connectivity index (χ1) is 7.06. The lowest BCUT2D eigenvalue weighted by atomic mass is 10.1. The first kappa shape index (κ1) is 11.1. The van der Waals surface area contributed by atoms with E-state index in [1.54, 1.807) is 13.8 Å². The molecule has 0 aliphatic carbocycles. The van der Waals surface area contributed by atoms with E-state index in [4.69, 9.17) is 0 Å². The third kappa shape index (κ3) is 2.49. The summed E-state index contributed by atoms with van der Waals surface area (Å²) in [5, 5.41) is 10.7. The van der Waals surface area contributed by atoms with Crippen molar-refractivity contribution in [2.24, 2.45) is 0 Å². The van der Waals surface area contributed by atoms with Gasteiger partial charge in [-0.3, -0.25) is 14.9 Å². The zero-order chi connectivity index (χ0) is 11.4. The monoisotopic (exact) mass is 210 g/mol. The second-order valence-electron chi connectivity index (χ2n) is 3.20. The number of hydrogen-bond donors (Lipinski definition) is 0. The van der Waals surface area contributed by atoms with Gasteiger partial charge in [0.25, 0.3) is 12.2 Å². The smallest absolute Gasteiger partial charge is 0.298 e. The average molecular weight is 210 g/mol. The Morgan fingerprint density at radius 3 is 2.73 bits per heavy atom. The first-order valence-corrected chi connectivity index (χ1v) is 4.31. The fourth-order valence-corrected chi connectivity index (χ4v) is 1.16. The summed E-state index contributed by atoms with van der Waals surface area (Å²) in [4.78, 5) is 24.1. The van der Waals surface area contributed by atoms with Gasteiger partial charge in [-0.25, -0.2) is 4.98 Å². The van der Waals surface area contributed by atoms with Gasteiger partial charge in [0.15, 0.2) is 5.75 Å². The Morgan fingerprint density at radius 1 is 1.60 bits per heavy atom. The quantitative estimate of drug-likeness (QED) is 0.428. The minimum atomic E-state index is -0.542. The van der Waals surface area contributed by atoms with E-state index in [2.05, 4.69) is 9.72 Å². The third-order valence-corrected chi connectivity index (χ3v) is 1.80. The highest BCUT2D eigenvalue weighted by Gasteiger charge is 2.19. The number of aromatic nitrogens is 1. The molecule has 1 rings (SSSR count). The van der Waals surface area contributed by atoms with Crippen LogP contribution in [-0.4, -0.2) is 16.4 Å². The minimum Gasteiger partial charge on any atom is -0.427 e. The van der Waals surface area contributed by atoms with Gasteiger partial charge in [-0.2, -0.15) is 0 Å². The van der Waals surface area contributed by atoms with E-state index in [1.165, 1.54) is 12.3 Å². The van der Waals surface area contributed by atoms with Crippen molar-refractivity contribution in [1.29, 1.82) is 0 Å². The molecule has 0 unspecified atom stereocenters. The molecule has 15 heavy (non-hydrogen) atoms. The average Bonchev–Trinajstić information content (AvgIpc) is 2.17. The Morgan fingerprint density at radius 2 is 2.27 bits per heavy atom. The lowest BCUT2D eigenvalue weighted by Gasteiger charge is -2.05. The lowest BCUT2D eigenvalue weighted by Crippen LogP contribution is -2.01. The molecule has 1 heterocycles. The Hall–Kier alpha value is -1.98. The van der Waals surface area contributed by atoms with Crippen molar-refractivity contribution < 1.29 is 14.5 Å². The maximum atomic E-state index is 10.7. The second-order valence-corrected chi connectivity index (χ2v) is 3.20. The van der Waals surface area contributed by atoms with Gasteiger partial charge in [-0.05, 0) is 0 Å². The summed E-state index contributed by atoms with van der Waals surface area (Å²) in [6.45, 7) is 3.81. The third-order valence-electron chi connectivity index (χ3n) is 1.80. The van der Waals surface area contributed by atoms with E-state index in [-0.39, 0.29) is 23.8 Å². The van der Waals surface area contributed by atoms with E-state index in [0.29, 0.717) is 5.69 Å². The SMILES string of the molecule is CC(C)c1ncc(OC=O)cc1[N+](=O)[O-]. The van der Waals surface area contributed by atoms with Gasteiger partial charge in [0.1, 0.15) is 5.69 Å². The summed E-state index contributed by atoms with van der Waals surface area (Å²) in [5.41, 5.74) is 0.239. The number of carbonyl (C=O) groups is 1. The van der Waals surface area contributed by atoms with Gasteiger partial charge in [-0.1, -0.05) is 13.8 Å². The summed E-state index contributed by atoms with van der Waals surface area (Å²) < 4.78 is 4.48. The zero-order valence-electron chi connectivity index (χ0n) is 8.34. The topological polar surface area (TPSA) is 82.3 Å².